The summed E-state index contributed by atoms with van der Waals surface area (Å²) in [6.45, 7) is 10.3. The minimum Gasteiger partial charge on any atom is -0.462 e. The van der Waals surface area contributed by atoms with Crippen molar-refractivity contribution in [2.45, 2.75) is 51.7 Å². The molecule has 1 aromatic carbocycles. The van der Waals surface area contributed by atoms with E-state index in [1.807, 2.05) is 44.4 Å². The Labute approximate surface area is 174 Å². The highest BCUT2D eigenvalue weighted by Crippen LogP contribution is 2.22. The lowest BCUT2D eigenvalue weighted by molar-refractivity contribution is 0.0516. The number of nitrogens with one attached hydrogen (secondary N) is 1. The van der Waals surface area contributed by atoms with Gasteiger partial charge >= 0.3 is 12.1 Å². The molecule has 2 rings (SSSR count). The summed E-state index contributed by atoms with van der Waals surface area (Å²) in [6.07, 6.45) is 1.10. The molecule has 1 amide bonds. The van der Waals surface area contributed by atoms with E-state index in [2.05, 4.69) is 5.32 Å². The van der Waals surface area contributed by atoms with Gasteiger partial charge in [-0.25, -0.2) is 9.59 Å². The van der Waals surface area contributed by atoms with E-state index in [1.165, 1.54) is 11.8 Å². The predicted octanol–water partition coefficient (Wildman–Crippen LogP) is 3.81. The number of nitrogens with zero attached hydrogens (tertiary/aromatic N) is 1. The third-order valence-electron chi connectivity index (χ3n) is 3.93. The molecule has 0 radical (unpaired) electrons. The van der Waals surface area contributed by atoms with Crippen LogP contribution in [0, 0.1) is 0 Å². The molecule has 1 heterocycles. The number of ether oxygens (including phenoxy) is 2. The summed E-state index contributed by atoms with van der Waals surface area (Å²) in [7, 11) is 0. The molecule has 7 nitrogen and oxygen atoms in total. The maximum absolute atomic E-state index is 12.8. The molecule has 0 aliphatic rings. The molecule has 0 fully saturated rings. The Hall–Kier alpha value is -2.48. The second-order valence-electron chi connectivity index (χ2n) is 7.33. The average Bonchev–Trinajstić information content (AvgIpc) is 2.64. The Morgan fingerprint density at radius 3 is 2.55 bits per heavy atom. The van der Waals surface area contributed by atoms with Gasteiger partial charge in [0.05, 0.1) is 12.1 Å². The summed E-state index contributed by atoms with van der Waals surface area (Å²) in [5, 5.41) is 3.18. The molecule has 0 aliphatic heterocycles. The Morgan fingerprint density at radius 1 is 1.21 bits per heavy atom. The van der Waals surface area contributed by atoms with E-state index < -0.39 is 17.7 Å². The predicted molar refractivity (Wildman–Crippen MR) is 115 cm³/mol. The van der Waals surface area contributed by atoms with Crippen molar-refractivity contribution in [3.05, 3.63) is 40.2 Å². The number of fused-ring (bicyclic) bond motifs is 1. The van der Waals surface area contributed by atoms with Crippen molar-refractivity contribution in [1.29, 1.82) is 0 Å². The number of pyridine rings is 1. The Balaban J connectivity index is 2.16. The molecule has 2 aromatic rings. The first-order valence-corrected chi connectivity index (χ1v) is 10.6. The molecule has 0 atom stereocenters. The number of aromatic nitrogens is 1. The summed E-state index contributed by atoms with van der Waals surface area (Å²) in [5.41, 5.74) is -0.0695. The van der Waals surface area contributed by atoms with E-state index in [1.54, 1.807) is 19.2 Å². The number of benzene rings is 1. The fraction of sp³-hybridized carbons (Fsp3) is 0.476. The molecular formula is C21H28N2O5S. The van der Waals surface area contributed by atoms with Crippen molar-refractivity contribution < 1.29 is 19.1 Å². The number of carbonyl (C=O) groups is 2. The number of amides is 1. The molecule has 0 spiro atoms. The molecule has 0 saturated carbocycles. The van der Waals surface area contributed by atoms with Crippen molar-refractivity contribution in [3.8, 4) is 0 Å². The first-order valence-electron chi connectivity index (χ1n) is 9.60. The molecule has 1 aromatic heterocycles. The number of hydrogen-bond donors (Lipinski definition) is 1. The lowest BCUT2D eigenvalue weighted by atomic mass is 10.1. The smallest absolute Gasteiger partial charge is 0.407 e. The molecule has 0 bridgehead atoms. The Kier molecular flexibility index (Phi) is 7.73. The average molecular weight is 421 g/mol. The Bertz CT molecular complexity index is 946. The van der Waals surface area contributed by atoms with Crippen LogP contribution < -0.4 is 10.7 Å². The van der Waals surface area contributed by atoms with Crippen molar-refractivity contribution in [2.75, 3.05) is 18.9 Å². The highest BCUT2D eigenvalue weighted by Gasteiger charge is 2.17. The van der Waals surface area contributed by atoms with Gasteiger partial charge in [0.1, 0.15) is 11.2 Å². The summed E-state index contributed by atoms with van der Waals surface area (Å²) >= 11 is 1.51. The fourth-order valence-electron chi connectivity index (χ4n) is 2.72. The van der Waals surface area contributed by atoms with Gasteiger partial charge in [-0.1, -0.05) is 0 Å². The van der Waals surface area contributed by atoms with Crippen molar-refractivity contribution in [2.24, 2.45) is 0 Å². The van der Waals surface area contributed by atoms with Gasteiger partial charge in [0.15, 0.2) is 0 Å². The molecule has 0 aliphatic carbocycles. The molecule has 1 N–H and O–H groups in total. The number of alkyl carbamates (subject to hydrolysis) is 1. The maximum Gasteiger partial charge on any atom is 0.407 e. The molecular weight excluding hydrogens is 392 g/mol. The molecule has 0 saturated heterocycles. The normalized spacial score (nSPS) is 11.3. The van der Waals surface area contributed by atoms with Gasteiger partial charge < -0.3 is 19.4 Å². The van der Waals surface area contributed by atoms with Gasteiger partial charge in [0.2, 0.25) is 5.43 Å². The van der Waals surface area contributed by atoms with Crippen LogP contribution in [0.5, 0.6) is 0 Å². The second-order valence-corrected chi connectivity index (χ2v) is 8.50. The van der Waals surface area contributed by atoms with Crippen LogP contribution >= 0.6 is 11.8 Å². The summed E-state index contributed by atoms with van der Waals surface area (Å²) < 4.78 is 12.1. The van der Waals surface area contributed by atoms with E-state index in [0.717, 1.165) is 10.4 Å². The Morgan fingerprint density at radius 2 is 1.93 bits per heavy atom. The van der Waals surface area contributed by atoms with Crippen LogP contribution in [0.1, 0.15) is 45.0 Å². The van der Waals surface area contributed by atoms with Crippen molar-refractivity contribution >= 4 is 34.7 Å². The molecule has 158 valence electrons. The minimum atomic E-state index is -0.610. The standard InChI is InChI=1S/C21H28N2O5S/c1-6-23-13-16(19(25)27-7-2)18(24)15-12-14(8-9-17(15)23)29-11-10-22-20(26)28-21(3,4)5/h8-9,12-13H,6-7,10-11H2,1-5H3,(H,22,26). The van der Waals surface area contributed by atoms with Crippen molar-refractivity contribution in [1.82, 2.24) is 9.88 Å². The number of rotatable bonds is 7. The van der Waals surface area contributed by atoms with Crippen molar-refractivity contribution in [3.63, 3.8) is 0 Å². The van der Waals surface area contributed by atoms with E-state index in [9.17, 15) is 14.4 Å². The fourth-order valence-corrected chi connectivity index (χ4v) is 3.52. The second kappa shape index (κ2) is 9.82. The van der Waals surface area contributed by atoms with Gasteiger partial charge in [0, 0.05) is 35.3 Å². The van der Waals surface area contributed by atoms with Crippen LogP contribution in [-0.4, -0.2) is 41.1 Å². The van der Waals surface area contributed by atoms with Gasteiger partial charge in [-0.15, -0.1) is 11.8 Å². The van der Waals surface area contributed by atoms with Gasteiger partial charge in [-0.2, -0.15) is 0 Å². The lowest BCUT2D eigenvalue weighted by Gasteiger charge is -2.19. The summed E-state index contributed by atoms with van der Waals surface area (Å²) in [6, 6.07) is 5.58. The maximum atomic E-state index is 12.8. The minimum absolute atomic E-state index is 0.0370. The number of carbonyl (C=O) groups excluding carboxylic acids is 2. The quantitative estimate of drug-likeness (QED) is 0.416. The highest BCUT2D eigenvalue weighted by atomic mass is 32.2. The number of hydrogen-bond acceptors (Lipinski definition) is 6. The van der Waals surface area contributed by atoms with E-state index >= 15 is 0 Å². The largest absolute Gasteiger partial charge is 0.462 e. The zero-order valence-corrected chi connectivity index (χ0v) is 18.4. The molecule has 0 unspecified atom stereocenters. The van der Waals surface area contributed by atoms with Crippen LogP contribution in [-0.2, 0) is 16.0 Å². The van der Waals surface area contributed by atoms with Gasteiger partial charge in [-0.05, 0) is 52.8 Å². The summed E-state index contributed by atoms with van der Waals surface area (Å²) in [4.78, 5) is 37.5. The van der Waals surface area contributed by atoms with Crippen LogP contribution in [0.15, 0.2) is 34.1 Å². The number of aryl methyl sites for hydroxylation is 1. The van der Waals surface area contributed by atoms with Crippen LogP contribution in [0.4, 0.5) is 4.79 Å². The lowest BCUT2D eigenvalue weighted by Crippen LogP contribution is -2.33. The third kappa shape index (κ3) is 6.25. The van der Waals surface area contributed by atoms with Crippen LogP contribution in [0.3, 0.4) is 0 Å². The zero-order valence-electron chi connectivity index (χ0n) is 17.5. The first-order chi connectivity index (χ1) is 13.7. The van der Waals surface area contributed by atoms with E-state index in [4.69, 9.17) is 9.47 Å². The van der Waals surface area contributed by atoms with Gasteiger partial charge in [0.25, 0.3) is 0 Å². The third-order valence-corrected chi connectivity index (χ3v) is 4.92. The zero-order chi connectivity index (χ0) is 21.6. The van der Waals surface area contributed by atoms with E-state index in [0.29, 0.717) is 24.2 Å². The van der Waals surface area contributed by atoms with Crippen LogP contribution in [0.2, 0.25) is 0 Å². The van der Waals surface area contributed by atoms with Crippen LogP contribution in [0.25, 0.3) is 10.9 Å². The SMILES string of the molecule is CCOC(=O)c1cn(CC)c2ccc(SCCNC(=O)OC(C)(C)C)cc2c1=O. The molecule has 8 heteroatoms. The topological polar surface area (TPSA) is 86.6 Å². The monoisotopic (exact) mass is 420 g/mol. The first kappa shape index (κ1) is 22.8. The number of thioether (sulfide) groups is 1. The summed E-state index contributed by atoms with van der Waals surface area (Å²) in [5.74, 6) is 0.00538. The van der Waals surface area contributed by atoms with E-state index in [-0.39, 0.29) is 17.6 Å². The van der Waals surface area contributed by atoms with Gasteiger partial charge in [-0.3, -0.25) is 4.79 Å². The highest BCUT2D eigenvalue weighted by molar-refractivity contribution is 7.99. The number of esters is 1. The molecule has 29 heavy (non-hydrogen) atoms.